The zero-order valence-electron chi connectivity index (χ0n) is 17.0. The number of likely N-dealkylation sites (tertiary alicyclic amines) is 2. The van der Waals surface area contributed by atoms with E-state index >= 15 is 0 Å². The van der Waals surface area contributed by atoms with Crippen molar-refractivity contribution in [2.45, 2.75) is 32.4 Å². The quantitative estimate of drug-likeness (QED) is 0.772. The van der Waals surface area contributed by atoms with Crippen molar-refractivity contribution >= 4 is 0 Å². The zero-order chi connectivity index (χ0) is 20.1. The number of aliphatic hydroxyl groups excluding tert-OH is 1. The molecule has 2 saturated heterocycles. The third-order valence-corrected chi connectivity index (χ3v) is 6.27. The molecule has 2 fully saturated rings. The van der Waals surface area contributed by atoms with Crippen molar-refractivity contribution < 1.29 is 14.2 Å². The van der Waals surface area contributed by atoms with E-state index in [2.05, 4.69) is 21.9 Å². The monoisotopic (exact) mass is 398 g/mol. The summed E-state index contributed by atoms with van der Waals surface area (Å²) in [5, 5.41) is 8.85. The van der Waals surface area contributed by atoms with Crippen molar-refractivity contribution in [3.05, 3.63) is 65.5 Å². The lowest BCUT2D eigenvalue weighted by Crippen LogP contribution is -2.44. The number of hydrogen-bond donors (Lipinski definition) is 1. The number of rotatable bonds is 7. The van der Waals surface area contributed by atoms with Gasteiger partial charge < -0.3 is 9.84 Å². The third-order valence-electron chi connectivity index (χ3n) is 6.27. The molecule has 156 valence electrons. The number of piperidine rings is 1. The number of hydrogen-bond acceptors (Lipinski definition) is 4. The summed E-state index contributed by atoms with van der Waals surface area (Å²) in [5.74, 6) is 0.646. The molecule has 0 aliphatic carbocycles. The van der Waals surface area contributed by atoms with Crippen LogP contribution in [-0.4, -0.2) is 54.3 Å². The van der Waals surface area contributed by atoms with E-state index in [0.717, 1.165) is 45.0 Å². The largest absolute Gasteiger partial charge is 0.491 e. The molecule has 29 heavy (non-hydrogen) atoms. The van der Waals surface area contributed by atoms with Gasteiger partial charge in [-0.15, -0.1) is 0 Å². The van der Waals surface area contributed by atoms with Crippen LogP contribution in [0.25, 0.3) is 0 Å². The number of aliphatic hydroxyl groups is 1. The Bertz CT molecular complexity index is 780. The minimum absolute atomic E-state index is 0.0375. The van der Waals surface area contributed by atoms with Gasteiger partial charge in [-0.1, -0.05) is 24.3 Å². The predicted molar refractivity (Wildman–Crippen MR) is 112 cm³/mol. The Labute approximate surface area is 172 Å². The first-order chi connectivity index (χ1) is 14.1. The van der Waals surface area contributed by atoms with E-state index in [1.54, 1.807) is 12.1 Å². The van der Waals surface area contributed by atoms with Crippen LogP contribution >= 0.6 is 0 Å². The molecule has 2 heterocycles. The summed E-state index contributed by atoms with van der Waals surface area (Å²) >= 11 is 0. The Kier molecular flexibility index (Phi) is 6.48. The van der Waals surface area contributed by atoms with Gasteiger partial charge in [0.15, 0.2) is 0 Å². The van der Waals surface area contributed by atoms with E-state index < -0.39 is 0 Å². The fourth-order valence-corrected chi connectivity index (χ4v) is 4.90. The van der Waals surface area contributed by atoms with Gasteiger partial charge in [-0.25, -0.2) is 4.39 Å². The molecular formula is C24H31FN2O2. The van der Waals surface area contributed by atoms with Gasteiger partial charge in [-0.05, 0) is 73.2 Å². The highest BCUT2D eigenvalue weighted by molar-refractivity contribution is 5.27. The van der Waals surface area contributed by atoms with Crippen molar-refractivity contribution in [1.29, 1.82) is 0 Å². The van der Waals surface area contributed by atoms with Gasteiger partial charge in [0.25, 0.3) is 0 Å². The molecule has 0 radical (unpaired) electrons. The highest BCUT2D eigenvalue weighted by Crippen LogP contribution is 2.39. The molecule has 1 spiro atoms. The predicted octanol–water partition coefficient (Wildman–Crippen LogP) is 3.68. The summed E-state index contributed by atoms with van der Waals surface area (Å²) in [6.45, 7) is 6.82. The second-order valence-corrected chi connectivity index (χ2v) is 8.62. The van der Waals surface area contributed by atoms with Gasteiger partial charge in [0.1, 0.15) is 18.2 Å². The molecule has 1 N–H and O–H groups in total. The third kappa shape index (κ3) is 5.35. The smallest absolute Gasteiger partial charge is 0.123 e. The Morgan fingerprint density at radius 2 is 1.48 bits per heavy atom. The molecule has 0 bridgehead atoms. The number of nitrogens with zero attached hydrogens (tertiary/aromatic N) is 2. The van der Waals surface area contributed by atoms with E-state index in [1.807, 2.05) is 24.3 Å². The van der Waals surface area contributed by atoms with E-state index in [9.17, 15) is 4.39 Å². The van der Waals surface area contributed by atoms with E-state index in [1.165, 1.54) is 30.4 Å². The normalized spacial score (nSPS) is 23.0. The standard InChI is InChI=1S/C24H31FN2O2/c25-22-6-2-20(3-7-22)16-26-12-1-10-24(18-26)11-13-27(19-24)17-21-4-8-23(9-5-21)29-15-14-28/h2-9,28H,1,10-19H2/t24-/m0/s1. The zero-order valence-corrected chi connectivity index (χ0v) is 17.0. The van der Waals surface area contributed by atoms with Crippen LogP contribution in [0, 0.1) is 11.2 Å². The van der Waals surface area contributed by atoms with Crippen molar-refractivity contribution in [1.82, 2.24) is 9.80 Å². The average Bonchev–Trinajstić information content (AvgIpc) is 3.10. The van der Waals surface area contributed by atoms with Crippen LogP contribution in [0.4, 0.5) is 4.39 Å². The van der Waals surface area contributed by atoms with E-state index in [-0.39, 0.29) is 12.4 Å². The van der Waals surface area contributed by atoms with Crippen LogP contribution in [0.1, 0.15) is 30.4 Å². The van der Waals surface area contributed by atoms with Crippen molar-refractivity contribution in [2.75, 3.05) is 39.4 Å². The first-order valence-electron chi connectivity index (χ1n) is 10.7. The van der Waals surface area contributed by atoms with Crippen LogP contribution in [0.2, 0.25) is 0 Å². The summed E-state index contributed by atoms with van der Waals surface area (Å²) in [5.41, 5.74) is 2.89. The van der Waals surface area contributed by atoms with E-state index in [0.29, 0.717) is 12.0 Å². The van der Waals surface area contributed by atoms with Crippen LogP contribution < -0.4 is 4.74 Å². The molecule has 1 atom stereocenters. The highest BCUT2D eigenvalue weighted by atomic mass is 19.1. The summed E-state index contributed by atoms with van der Waals surface area (Å²) < 4.78 is 18.6. The van der Waals surface area contributed by atoms with Gasteiger partial charge in [0.2, 0.25) is 0 Å². The topological polar surface area (TPSA) is 35.9 Å². The molecule has 0 amide bonds. The molecule has 5 heteroatoms. The summed E-state index contributed by atoms with van der Waals surface area (Å²) in [7, 11) is 0. The maximum absolute atomic E-state index is 13.2. The Hall–Kier alpha value is -1.95. The summed E-state index contributed by atoms with van der Waals surface area (Å²) in [6.07, 6.45) is 3.80. The van der Waals surface area contributed by atoms with Gasteiger partial charge in [0, 0.05) is 26.2 Å². The summed E-state index contributed by atoms with van der Waals surface area (Å²) in [6, 6.07) is 15.2. The molecule has 4 nitrogen and oxygen atoms in total. The first-order valence-corrected chi connectivity index (χ1v) is 10.7. The first kappa shape index (κ1) is 20.3. The lowest BCUT2D eigenvalue weighted by atomic mass is 9.79. The average molecular weight is 399 g/mol. The minimum Gasteiger partial charge on any atom is -0.491 e. The Balaban J connectivity index is 1.31. The molecule has 2 aliphatic heterocycles. The van der Waals surface area contributed by atoms with Gasteiger partial charge in [0.05, 0.1) is 6.61 Å². The molecule has 0 saturated carbocycles. The molecular weight excluding hydrogens is 367 g/mol. The highest BCUT2D eigenvalue weighted by Gasteiger charge is 2.41. The van der Waals surface area contributed by atoms with Crippen molar-refractivity contribution in [2.24, 2.45) is 5.41 Å². The molecule has 2 aromatic rings. The number of ether oxygens (including phenoxy) is 1. The molecule has 4 rings (SSSR count). The fourth-order valence-electron chi connectivity index (χ4n) is 4.90. The Morgan fingerprint density at radius 1 is 0.862 bits per heavy atom. The van der Waals surface area contributed by atoms with Crippen molar-refractivity contribution in [3.8, 4) is 5.75 Å². The van der Waals surface area contributed by atoms with Crippen LogP contribution in [-0.2, 0) is 13.1 Å². The Morgan fingerprint density at radius 3 is 2.14 bits per heavy atom. The molecule has 2 aliphatic rings. The van der Waals surface area contributed by atoms with Gasteiger partial charge in [-0.3, -0.25) is 9.80 Å². The lowest BCUT2D eigenvalue weighted by Gasteiger charge is -2.40. The number of halogens is 1. The van der Waals surface area contributed by atoms with Crippen LogP contribution in [0.15, 0.2) is 48.5 Å². The molecule has 0 unspecified atom stereocenters. The van der Waals surface area contributed by atoms with Gasteiger partial charge >= 0.3 is 0 Å². The maximum atomic E-state index is 13.2. The number of benzene rings is 2. The van der Waals surface area contributed by atoms with Gasteiger partial charge in [-0.2, -0.15) is 0 Å². The van der Waals surface area contributed by atoms with E-state index in [4.69, 9.17) is 9.84 Å². The SMILES string of the molecule is OCCOc1ccc(CN2CC[C@]3(CCCN(Cc4ccc(F)cc4)C3)C2)cc1. The molecule has 2 aromatic carbocycles. The maximum Gasteiger partial charge on any atom is 0.123 e. The fraction of sp³-hybridized carbons (Fsp3) is 0.500. The second kappa shape index (κ2) is 9.24. The minimum atomic E-state index is -0.164. The van der Waals surface area contributed by atoms with Crippen LogP contribution in [0.3, 0.4) is 0 Å². The second-order valence-electron chi connectivity index (χ2n) is 8.62. The summed E-state index contributed by atoms with van der Waals surface area (Å²) in [4.78, 5) is 5.12. The lowest BCUT2D eigenvalue weighted by molar-refractivity contribution is 0.0866. The molecule has 0 aromatic heterocycles. The van der Waals surface area contributed by atoms with Crippen molar-refractivity contribution in [3.63, 3.8) is 0 Å². The van der Waals surface area contributed by atoms with Crippen LogP contribution in [0.5, 0.6) is 5.75 Å².